The number of aliphatic hydroxyl groups is 1. The van der Waals surface area contributed by atoms with Crippen LogP contribution in [-0.4, -0.2) is 18.8 Å². The summed E-state index contributed by atoms with van der Waals surface area (Å²) in [7, 11) is 1.59. The van der Waals surface area contributed by atoms with E-state index in [1.165, 1.54) is 0 Å². The highest BCUT2D eigenvalue weighted by atomic mass is 35.5. The first-order valence-electron chi connectivity index (χ1n) is 4.86. The average molecular weight is 230 g/mol. The van der Waals surface area contributed by atoms with E-state index in [4.69, 9.17) is 27.2 Å². The minimum absolute atomic E-state index is 0.125. The number of methoxy groups -OCH3 is 1. The largest absolute Gasteiger partial charge is 0.496 e. The van der Waals surface area contributed by atoms with E-state index >= 15 is 0 Å². The monoisotopic (exact) mass is 229 g/mol. The normalized spacial score (nSPS) is 12.6. The Bertz CT molecular complexity index is 342. The van der Waals surface area contributed by atoms with Crippen LogP contribution in [0.15, 0.2) is 12.1 Å². The van der Waals surface area contributed by atoms with Crippen molar-refractivity contribution in [2.75, 3.05) is 13.7 Å². The molecule has 0 saturated heterocycles. The number of benzene rings is 1. The lowest BCUT2D eigenvalue weighted by Gasteiger charge is -2.17. The van der Waals surface area contributed by atoms with E-state index in [-0.39, 0.29) is 6.61 Å². The van der Waals surface area contributed by atoms with Gasteiger partial charge in [0.05, 0.1) is 19.8 Å². The molecule has 0 aliphatic heterocycles. The third kappa shape index (κ3) is 2.62. The number of nitrogens with two attached hydrogens (primary N) is 1. The maximum atomic E-state index is 9.04. The Kier molecular flexibility index (Phi) is 4.39. The summed E-state index contributed by atoms with van der Waals surface area (Å²) >= 11 is 5.97. The molecule has 15 heavy (non-hydrogen) atoms. The summed E-state index contributed by atoms with van der Waals surface area (Å²) in [5, 5.41) is 9.66. The summed E-state index contributed by atoms with van der Waals surface area (Å²) in [4.78, 5) is 0. The fourth-order valence-corrected chi connectivity index (χ4v) is 1.81. The summed E-state index contributed by atoms with van der Waals surface area (Å²) < 4.78 is 5.30. The number of hydrogen-bond donors (Lipinski definition) is 2. The van der Waals surface area contributed by atoms with E-state index in [1.54, 1.807) is 13.2 Å². The molecule has 3 N–H and O–H groups in total. The van der Waals surface area contributed by atoms with Crippen LogP contribution in [0.25, 0.3) is 0 Å². The van der Waals surface area contributed by atoms with Gasteiger partial charge in [0.2, 0.25) is 0 Å². The fraction of sp³-hybridized carbons (Fsp3) is 0.455. The van der Waals surface area contributed by atoms with Crippen molar-refractivity contribution in [2.24, 2.45) is 5.73 Å². The molecule has 3 nitrogen and oxygen atoms in total. The van der Waals surface area contributed by atoms with Crippen LogP contribution in [0.1, 0.15) is 24.1 Å². The number of rotatable bonds is 4. The lowest BCUT2D eigenvalue weighted by Crippen LogP contribution is -2.16. The Morgan fingerprint density at radius 2 is 2.20 bits per heavy atom. The van der Waals surface area contributed by atoms with Crippen LogP contribution in [0.3, 0.4) is 0 Å². The zero-order chi connectivity index (χ0) is 11.4. The first-order valence-corrected chi connectivity index (χ1v) is 5.24. The zero-order valence-corrected chi connectivity index (χ0v) is 9.71. The van der Waals surface area contributed by atoms with Crippen molar-refractivity contribution >= 4 is 11.6 Å². The molecule has 0 fully saturated rings. The molecule has 0 amide bonds. The fourth-order valence-electron chi connectivity index (χ4n) is 1.56. The van der Waals surface area contributed by atoms with Crippen molar-refractivity contribution in [3.8, 4) is 5.75 Å². The highest BCUT2D eigenvalue weighted by Gasteiger charge is 2.15. The predicted octanol–water partition coefficient (Wildman–Crippen LogP) is 1.90. The van der Waals surface area contributed by atoms with Crippen molar-refractivity contribution in [3.63, 3.8) is 0 Å². The summed E-state index contributed by atoms with van der Waals surface area (Å²) in [6, 6.07) is 3.14. The highest BCUT2D eigenvalue weighted by molar-refractivity contribution is 6.30. The van der Waals surface area contributed by atoms with Crippen molar-refractivity contribution in [3.05, 3.63) is 28.3 Å². The number of ether oxygens (including phenoxy) is 1. The average Bonchev–Trinajstić information content (AvgIpc) is 2.26. The van der Waals surface area contributed by atoms with Crippen LogP contribution in [0.2, 0.25) is 5.02 Å². The molecule has 1 unspecified atom stereocenters. The van der Waals surface area contributed by atoms with Crippen molar-refractivity contribution < 1.29 is 9.84 Å². The van der Waals surface area contributed by atoms with E-state index < -0.39 is 6.04 Å². The smallest absolute Gasteiger partial charge is 0.126 e. The minimum Gasteiger partial charge on any atom is -0.496 e. The molecule has 1 atom stereocenters. The van der Waals surface area contributed by atoms with Crippen LogP contribution >= 0.6 is 11.6 Å². The van der Waals surface area contributed by atoms with Crippen molar-refractivity contribution in [1.29, 1.82) is 0 Å². The van der Waals surface area contributed by atoms with Gasteiger partial charge in [0.1, 0.15) is 5.75 Å². The second-order valence-corrected chi connectivity index (χ2v) is 3.77. The van der Waals surface area contributed by atoms with E-state index in [1.807, 2.05) is 13.0 Å². The SMILES string of the molecule is CCc1cc(Cl)cc(C(N)CO)c1OC. The van der Waals surface area contributed by atoms with Gasteiger partial charge in [-0.15, -0.1) is 0 Å². The summed E-state index contributed by atoms with van der Waals surface area (Å²) in [5.74, 6) is 0.725. The summed E-state index contributed by atoms with van der Waals surface area (Å²) in [6.07, 6.45) is 0.814. The van der Waals surface area contributed by atoms with Crippen molar-refractivity contribution in [1.82, 2.24) is 0 Å². The molecule has 0 radical (unpaired) electrons. The van der Waals surface area contributed by atoms with E-state index in [0.29, 0.717) is 5.02 Å². The first-order chi connectivity index (χ1) is 7.13. The van der Waals surface area contributed by atoms with Gasteiger partial charge < -0.3 is 15.6 Å². The van der Waals surface area contributed by atoms with Gasteiger partial charge >= 0.3 is 0 Å². The number of aliphatic hydroxyl groups excluding tert-OH is 1. The third-order valence-corrected chi connectivity index (χ3v) is 2.56. The Balaban J connectivity index is 3.28. The van der Waals surface area contributed by atoms with Gasteiger partial charge in [0.25, 0.3) is 0 Å². The molecule has 0 bridgehead atoms. The molecule has 1 aromatic rings. The van der Waals surface area contributed by atoms with Gasteiger partial charge in [-0.1, -0.05) is 18.5 Å². The molecule has 4 heteroatoms. The Labute approximate surface area is 94.8 Å². The van der Waals surface area contributed by atoms with E-state index in [9.17, 15) is 0 Å². The Morgan fingerprint density at radius 1 is 1.53 bits per heavy atom. The molecule has 0 aliphatic carbocycles. The van der Waals surface area contributed by atoms with Gasteiger partial charge in [-0.2, -0.15) is 0 Å². The van der Waals surface area contributed by atoms with Gasteiger partial charge in [-0.05, 0) is 24.1 Å². The van der Waals surface area contributed by atoms with Gasteiger partial charge in [-0.3, -0.25) is 0 Å². The topological polar surface area (TPSA) is 55.5 Å². The first kappa shape index (κ1) is 12.3. The van der Waals surface area contributed by atoms with E-state index in [0.717, 1.165) is 23.3 Å². The van der Waals surface area contributed by atoms with Crippen LogP contribution in [-0.2, 0) is 6.42 Å². The highest BCUT2D eigenvalue weighted by Crippen LogP contribution is 2.31. The molecule has 0 aromatic heterocycles. The molecule has 0 heterocycles. The number of halogens is 1. The van der Waals surface area contributed by atoms with Gasteiger partial charge in [0.15, 0.2) is 0 Å². The molecular weight excluding hydrogens is 214 g/mol. The van der Waals surface area contributed by atoms with Gasteiger partial charge in [-0.25, -0.2) is 0 Å². The minimum atomic E-state index is -0.455. The lowest BCUT2D eigenvalue weighted by atomic mass is 10.0. The molecule has 84 valence electrons. The number of hydrogen-bond acceptors (Lipinski definition) is 3. The lowest BCUT2D eigenvalue weighted by molar-refractivity contribution is 0.264. The molecular formula is C11H16ClNO2. The molecule has 0 saturated carbocycles. The van der Waals surface area contributed by atoms with E-state index in [2.05, 4.69) is 0 Å². The third-order valence-electron chi connectivity index (χ3n) is 2.34. The molecule has 0 spiro atoms. The Morgan fingerprint density at radius 3 is 2.67 bits per heavy atom. The van der Waals surface area contributed by atoms with Gasteiger partial charge in [0, 0.05) is 10.6 Å². The zero-order valence-electron chi connectivity index (χ0n) is 8.96. The summed E-state index contributed by atoms with van der Waals surface area (Å²) in [6.45, 7) is 1.89. The maximum Gasteiger partial charge on any atom is 0.126 e. The molecule has 1 aromatic carbocycles. The van der Waals surface area contributed by atoms with Crippen LogP contribution in [0, 0.1) is 0 Å². The number of aryl methyl sites for hydroxylation is 1. The van der Waals surface area contributed by atoms with Crippen LogP contribution < -0.4 is 10.5 Å². The van der Waals surface area contributed by atoms with Crippen LogP contribution in [0.4, 0.5) is 0 Å². The molecule has 1 rings (SSSR count). The second-order valence-electron chi connectivity index (χ2n) is 3.33. The van der Waals surface area contributed by atoms with Crippen molar-refractivity contribution in [2.45, 2.75) is 19.4 Å². The predicted molar refractivity (Wildman–Crippen MR) is 61.4 cm³/mol. The quantitative estimate of drug-likeness (QED) is 0.829. The second kappa shape index (κ2) is 5.35. The Hall–Kier alpha value is -0.770. The van der Waals surface area contributed by atoms with Crippen LogP contribution in [0.5, 0.6) is 5.75 Å². The maximum absolute atomic E-state index is 9.04. The molecule has 0 aliphatic rings. The summed E-state index contributed by atoms with van der Waals surface area (Å²) in [5.41, 5.74) is 7.53. The standard InChI is InChI=1S/C11H16ClNO2/c1-3-7-4-8(12)5-9(10(13)6-14)11(7)15-2/h4-5,10,14H,3,6,13H2,1-2H3.